The van der Waals surface area contributed by atoms with Crippen LogP contribution in [0.2, 0.25) is 0 Å². The average Bonchev–Trinajstić information content (AvgIpc) is 2.36. The summed E-state index contributed by atoms with van der Waals surface area (Å²) in [6.07, 6.45) is 4.36. The number of amides is 1. The zero-order chi connectivity index (χ0) is 12.7. The molecule has 0 aliphatic carbocycles. The zero-order valence-electron chi connectivity index (χ0n) is 10.8. The molecule has 0 aliphatic heterocycles. The highest BCUT2D eigenvalue weighted by Gasteiger charge is 2.19. The molecule has 0 bridgehead atoms. The van der Waals surface area contributed by atoms with Gasteiger partial charge in [0.2, 0.25) is 5.91 Å². The summed E-state index contributed by atoms with van der Waals surface area (Å²) >= 11 is 0. The van der Waals surface area contributed by atoms with E-state index < -0.39 is 0 Å². The van der Waals surface area contributed by atoms with E-state index in [1.807, 2.05) is 33.2 Å². The van der Waals surface area contributed by atoms with Crippen LogP contribution in [-0.4, -0.2) is 36.4 Å². The van der Waals surface area contributed by atoms with E-state index in [0.29, 0.717) is 6.54 Å². The first-order valence-corrected chi connectivity index (χ1v) is 5.97. The fraction of sp³-hybridized carbons (Fsp3) is 0.538. The fourth-order valence-electron chi connectivity index (χ4n) is 1.80. The van der Waals surface area contributed by atoms with Gasteiger partial charge in [-0.3, -0.25) is 9.78 Å². The van der Waals surface area contributed by atoms with Crippen LogP contribution in [0.25, 0.3) is 0 Å². The van der Waals surface area contributed by atoms with Gasteiger partial charge < -0.3 is 10.2 Å². The molecule has 1 aromatic heterocycles. The number of nitrogens with zero attached hydrogens (tertiary/aromatic N) is 2. The molecule has 94 valence electrons. The smallest absolute Gasteiger partial charge is 0.226 e. The molecular weight excluding hydrogens is 214 g/mol. The Morgan fingerprint density at radius 2 is 2.12 bits per heavy atom. The minimum atomic E-state index is 0.0619. The van der Waals surface area contributed by atoms with Gasteiger partial charge in [-0.1, -0.05) is 6.92 Å². The highest BCUT2D eigenvalue weighted by atomic mass is 16.2. The van der Waals surface area contributed by atoms with Crippen molar-refractivity contribution in [3.05, 3.63) is 30.1 Å². The van der Waals surface area contributed by atoms with Crippen LogP contribution in [0.3, 0.4) is 0 Å². The zero-order valence-corrected chi connectivity index (χ0v) is 10.8. The summed E-state index contributed by atoms with van der Waals surface area (Å²) in [5.74, 6) is 0.255. The fourth-order valence-corrected chi connectivity index (χ4v) is 1.80. The first kappa shape index (κ1) is 13.6. The van der Waals surface area contributed by atoms with Crippen molar-refractivity contribution in [3.63, 3.8) is 0 Å². The van der Waals surface area contributed by atoms with E-state index >= 15 is 0 Å². The highest BCUT2D eigenvalue weighted by Crippen LogP contribution is 2.09. The van der Waals surface area contributed by atoms with E-state index in [1.54, 1.807) is 17.3 Å². The third-order valence-electron chi connectivity index (χ3n) is 2.84. The third kappa shape index (κ3) is 4.15. The molecule has 1 amide bonds. The molecule has 0 spiro atoms. The van der Waals surface area contributed by atoms with E-state index in [1.165, 1.54) is 0 Å². The molecule has 1 N–H and O–H groups in total. The Labute approximate surface area is 103 Å². The number of carbonyl (C=O) groups excluding carboxylic acids is 1. The van der Waals surface area contributed by atoms with Gasteiger partial charge in [-0.05, 0) is 31.2 Å². The van der Waals surface area contributed by atoms with Crippen molar-refractivity contribution in [2.24, 2.45) is 5.92 Å². The van der Waals surface area contributed by atoms with E-state index in [2.05, 4.69) is 10.3 Å². The van der Waals surface area contributed by atoms with Gasteiger partial charge in [0.1, 0.15) is 0 Å². The topological polar surface area (TPSA) is 45.2 Å². The number of aromatic nitrogens is 1. The van der Waals surface area contributed by atoms with Crippen LogP contribution >= 0.6 is 0 Å². The molecule has 0 radical (unpaired) electrons. The van der Waals surface area contributed by atoms with Gasteiger partial charge >= 0.3 is 0 Å². The van der Waals surface area contributed by atoms with Gasteiger partial charge in [0.25, 0.3) is 0 Å². The Morgan fingerprint density at radius 3 is 2.65 bits per heavy atom. The van der Waals surface area contributed by atoms with Crippen LogP contribution in [0.4, 0.5) is 0 Å². The molecule has 0 aliphatic rings. The Hall–Kier alpha value is -1.42. The summed E-state index contributed by atoms with van der Waals surface area (Å²) in [6, 6.07) is 3.87. The number of pyridine rings is 1. The van der Waals surface area contributed by atoms with E-state index in [0.717, 1.165) is 18.5 Å². The monoisotopic (exact) mass is 235 g/mol. The Balaban J connectivity index is 2.57. The molecule has 1 atom stereocenters. The summed E-state index contributed by atoms with van der Waals surface area (Å²) in [4.78, 5) is 17.9. The molecule has 0 fully saturated rings. The normalized spacial score (nSPS) is 12.2. The second kappa shape index (κ2) is 7.01. The first-order valence-electron chi connectivity index (χ1n) is 5.97. The van der Waals surface area contributed by atoms with Crippen molar-refractivity contribution in [1.82, 2.24) is 15.2 Å². The number of nitrogens with one attached hydrogen (secondary N) is 1. The van der Waals surface area contributed by atoms with Crippen molar-refractivity contribution in [2.45, 2.75) is 19.9 Å². The number of hydrogen-bond acceptors (Lipinski definition) is 3. The summed E-state index contributed by atoms with van der Waals surface area (Å²) < 4.78 is 0. The van der Waals surface area contributed by atoms with E-state index in [-0.39, 0.29) is 11.8 Å². The average molecular weight is 235 g/mol. The standard InChI is InChI=1S/C13H21N3O/c1-4-12(9-14-2)13(17)16(3)10-11-5-7-15-8-6-11/h5-8,12,14H,4,9-10H2,1-3H3. The van der Waals surface area contributed by atoms with Crippen LogP contribution < -0.4 is 5.32 Å². The number of hydrogen-bond donors (Lipinski definition) is 1. The van der Waals surface area contributed by atoms with Crippen molar-refractivity contribution in [3.8, 4) is 0 Å². The van der Waals surface area contributed by atoms with E-state index in [9.17, 15) is 4.79 Å². The molecule has 1 aromatic rings. The van der Waals surface area contributed by atoms with Crippen LogP contribution in [0.1, 0.15) is 18.9 Å². The molecule has 17 heavy (non-hydrogen) atoms. The molecule has 0 saturated heterocycles. The summed E-state index contributed by atoms with van der Waals surface area (Å²) in [7, 11) is 3.72. The third-order valence-corrected chi connectivity index (χ3v) is 2.84. The van der Waals surface area contributed by atoms with Crippen molar-refractivity contribution < 1.29 is 4.79 Å². The van der Waals surface area contributed by atoms with Crippen molar-refractivity contribution in [2.75, 3.05) is 20.6 Å². The van der Waals surface area contributed by atoms with Gasteiger partial charge in [-0.15, -0.1) is 0 Å². The summed E-state index contributed by atoms with van der Waals surface area (Å²) in [6.45, 7) is 3.41. The maximum absolute atomic E-state index is 12.1. The predicted molar refractivity (Wildman–Crippen MR) is 68.4 cm³/mol. The maximum atomic E-state index is 12.1. The lowest BCUT2D eigenvalue weighted by molar-refractivity contribution is -0.134. The molecule has 1 rings (SSSR count). The predicted octanol–water partition coefficient (Wildman–Crippen LogP) is 1.29. The molecular formula is C13H21N3O. The SMILES string of the molecule is CCC(CNC)C(=O)N(C)Cc1ccncc1. The molecule has 0 aromatic carbocycles. The Kier molecular flexibility index (Phi) is 5.63. The molecule has 4 nitrogen and oxygen atoms in total. The summed E-state index contributed by atoms with van der Waals surface area (Å²) in [5, 5.41) is 3.06. The lowest BCUT2D eigenvalue weighted by atomic mass is 10.0. The molecule has 0 saturated carbocycles. The van der Waals surface area contributed by atoms with E-state index in [4.69, 9.17) is 0 Å². The minimum Gasteiger partial charge on any atom is -0.341 e. The largest absolute Gasteiger partial charge is 0.341 e. The van der Waals surface area contributed by atoms with Crippen LogP contribution in [0.15, 0.2) is 24.5 Å². The summed E-state index contributed by atoms with van der Waals surface area (Å²) in [5.41, 5.74) is 1.11. The number of rotatable bonds is 6. The number of carbonyl (C=O) groups is 1. The second-order valence-corrected chi connectivity index (χ2v) is 4.21. The van der Waals surface area contributed by atoms with Crippen molar-refractivity contribution in [1.29, 1.82) is 0 Å². The minimum absolute atomic E-state index is 0.0619. The Morgan fingerprint density at radius 1 is 1.47 bits per heavy atom. The first-order chi connectivity index (χ1) is 8.19. The van der Waals surface area contributed by atoms with Gasteiger partial charge in [0, 0.05) is 32.5 Å². The highest BCUT2D eigenvalue weighted by molar-refractivity contribution is 5.78. The van der Waals surface area contributed by atoms with Gasteiger partial charge in [-0.25, -0.2) is 0 Å². The van der Waals surface area contributed by atoms with Crippen molar-refractivity contribution >= 4 is 5.91 Å². The van der Waals surface area contributed by atoms with Crippen LogP contribution in [0.5, 0.6) is 0 Å². The molecule has 1 heterocycles. The van der Waals surface area contributed by atoms with Gasteiger partial charge in [0.05, 0.1) is 5.92 Å². The second-order valence-electron chi connectivity index (χ2n) is 4.21. The quantitative estimate of drug-likeness (QED) is 0.808. The lowest BCUT2D eigenvalue weighted by Gasteiger charge is -2.23. The van der Waals surface area contributed by atoms with Gasteiger partial charge in [-0.2, -0.15) is 0 Å². The van der Waals surface area contributed by atoms with Crippen LogP contribution in [0, 0.1) is 5.92 Å². The Bertz CT molecular complexity index is 340. The van der Waals surface area contributed by atoms with Crippen LogP contribution in [-0.2, 0) is 11.3 Å². The maximum Gasteiger partial charge on any atom is 0.226 e. The molecule has 4 heteroatoms. The lowest BCUT2D eigenvalue weighted by Crippen LogP contribution is -2.36. The molecule has 1 unspecified atom stereocenters. The van der Waals surface area contributed by atoms with Gasteiger partial charge in [0.15, 0.2) is 0 Å².